The minimum atomic E-state index is -1.16. The third-order valence-electron chi connectivity index (χ3n) is 4.28. The van der Waals surface area contributed by atoms with Crippen molar-refractivity contribution >= 4 is 22.8 Å². The number of morpholine rings is 1. The number of anilines is 1. The van der Waals surface area contributed by atoms with Gasteiger partial charge in [-0.05, 0) is 26.0 Å². The molecule has 2 aromatic rings. The van der Waals surface area contributed by atoms with Crippen molar-refractivity contribution in [2.75, 3.05) is 24.6 Å². The average Bonchev–Trinajstić information content (AvgIpc) is 2.65. The van der Waals surface area contributed by atoms with Gasteiger partial charge in [0.2, 0.25) is 0 Å². The molecular weight excluding hydrogens is 344 g/mol. The molecule has 1 aromatic carbocycles. The summed E-state index contributed by atoms with van der Waals surface area (Å²) >= 11 is 0. The zero-order valence-electron chi connectivity index (χ0n) is 15.5. The second-order valence-corrected chi connectivity index (χ2v) is 6.56. The topological polar surface area (TPSA) is 88.3 Å². The van der Waals surface area contributed by atoms with Crippen LogP contribution in [-0.2, 0) is 14.3 Å². The van der Waals surface area contributed by atoms with E-state index in [1.165, 1.54) is 6.08 Å². The van der Waals surface area contributed by atoms with E-state index in [1.54, 1.807) is 0 Å². The molecule has 1 saturated heterocycles. The van der Waals surface area contributed by atoms with Crippen LogP contribution < -0.4 is 4.90 Å². The average molecular weight is 366 g/mol. The van der Waals surface area contributed by atoms with Crippen molar-refractivity contribution in [3.8, 4) is 6.07 Å². The van der Waals surface area contributed by atoms with Crippen LogP contribution in [0.2, 0.25) is 0 Å². The SMILES string of the molecule is C=CCOC(=O)[C@H](C#N)c1nc2ccccc2nc1N1C[C@@H](C)O[C@H](C)C1. The summed E-state index contributed by atoms with van der Waals surface area (Å²) in [5.74, 6) is -1.29. The van der Waals surface area contributed by atoms with Crippen LogP contribution in [0.4, 0.5) is 5.82 Å². The lowest BCUT2D eigenvalue weighted by molar-refractivity contribution is -0.142. The first-order valence-electron chi connectivity index (χ1n) is 8.87. The highest BCUT2D eigenvalue weighted by molar-refractivity contribution is 5.85. The van der Waals surface area contributed by atoms with Gasteiger partial charge in [-0.3, -0.25) is 4.79 Å². The molecule has 0 bridgehead atoms. The second kappa shape index (κ2) is 8.14. The Morgan fingerprint density at radius 3 is 2.59 bits per heavy atom. The zero-order chi connectivity index (χ0) is 19.4. The fourth-order valence-corrected chi connectivity index (χ4v) is 3.23. The smallest absolute Gasteiger partial charge is 0.330 e. The van der Waals surface area contributed by atoms with Crippen LogP contribution >= 0.6 is 0 Å². The maximum absolute atomic E-state index is 12.4. The fourth-order valence-electron chi connectivity index (χ4n) is 3.23. The van der Waals surface area contributed by atoms with Crippen molar-refractivity contribution in [3.63, 3.8) is 0 Å². The molecule has 3 rings (SSSR count). The molecule has 0 aliphatic carbocycles. The monoisotopic (exact) mass is 366 g/mol. The molecule has 140 valence electrons. The lowest BCUT2D eigenvalue weighted by Crippen LogP contribution is -2.46. The number of carbonyl (C=O) groups is 1. The van der Waals surface area contributed by atoms with Gasteiger partial charge in [0.05, 0.1) is 29.3 Å². The van der Waals surface area contributed by atoms with Gasteiger partial charge in [-0.1, -0.05) is 24.8 Å². The number of aromatic nitrogens is 2. The lowest BCUT2D eigenvalue weighted by Gasteiger charge is -2.37. The summed E-state index contributed by atoms with van der Waals surface area (Å²) in [7, 11) is 0. The van der Waals surface area contributed by atoms with Crippen molar-refractivity contribution in [1.29, 1.82) is 5.26 Å². The molecule has 1 aromatic heterocycles. The molecule has 0 unspecified atom stereocenters. The molecule has 0 saturated carbocycles. The normalized spacial score (nSPS) is 20.7. The number of nitriles is 1. The molecule has 0 radical (unpaired) electrons. The number of ether oxygens (including phenoxy) is 2. The molecule has 27 heavy (non-hydrogen) atoms. The van der Waals surface area contributed by atoms with Crippen LogP contribution in [-0.4, -0.2) is 47.8 Å². The number of fused-ring (bicyclic) bond motifs is 1. The Bertz CT molecular complexity index is 882. The van der Waals surface area contributed by atoms with Gasteiger partial charge >= 0.3 is 5.97 Å². The molecule has 1 fully saturated rings. The molecule has 7 heteroatoms. The Morgan fingerprint density at radius 1 is 1.37 bits per heavy atom. The van der Waals surface area contributed by atoms with Gasteiger partial charge in [0.15, 0.2) is 11.7 Å². The number of hydrogen-bond donors (Lipinski definition) is 0. The van der Waals surface area contributed by atoms with E-state index in [9.17, 15) is 10.1 Å². The van der Waals surface area contributed by atoms with E-state index in [0.29, 0.717) is 35.6 Å². The van der Waals surface area contributed by atoms with Gasteiger partial charge in [0.25, 0.3) is 0 Å². The van der Waals surface area contributed by atoms with Crippen LogP contribution in [0.3, 0.4) is 0 Å². The lowest BCUT2D eigenvalue weighted by atomic mass is 10.1. The van der Waals surface area contributed by atoms with Gasteiger partial charge in [-0.15, -0.1) is 0 Å². The van der Waals surface area contributed by atoms with Crippen LogP contribution in [0.1, 0.15) is 25.5 Å². The van der Waals surface area contributed by atoms with E-state index in [1.807, 2.05) is 49.1 Å². The van der Waals surface area contributed by atoms with E-state index in [-0.39, 0.29) is 18.8 Å². The molecule has 7 nitrogen and oxygen atoms in total. The van der Waals surface area contributed by atoms with Crippen LogP contribution in [0.5, 0.6) is 0 Å². The predicted octanol–water partition coefficient (Wildman–Crippen LogP) is 2.58. The molecular formula is C20H22N4O3. The summed E-state index contributed by atoms with van der Waals surface area (Å²) in [4.78, 5) is 23.8. The minimum Gasteiger partial charge on any atom is -0.460 e. The summed E-state index contributed by atoms with van der Waals surface area (Å²) in [6.07, 6.45) is 1.47. The summed E-state index contributed by atoms with van der Waals surface area (Å²) < 4.78 is 10.9. The van der Waals surface area contributed by atoms with E-state index < -0.39 is 11.9 Å². The molecule has 0 amide bonds. The Hall–Kier alpha value is -2.98. The maximum Gasteiger partial charge on any atom is 0.330 e. The van der Waals surface area contributed by atoms with Crippen molar-refractivity contribution in [3.05, 3.63) is 42.6 Å². The summed E-state index contributed by atoms with van der Waals surface area (Å²) in [5, 5.41) is 9.66. The first-order chi connectivity index (χ1) is 13.0. The van der Waals surface area contributed by atoms with Crippen LogP contribution in [0.25, 0.3) is 11.0 Å². The largest absolute Gasteiger partial charge is 0.460 e. The second-order valence-electron chi connectivity index (χ2n) is 6.56. The Kier molecular flexibility index (Phi) is 5.67. The predicted molar refractivity (Wildman–Crippen MR) is 101 cm³/mol. The number of para-hydroxylation sites is 2. The first-order valence-corrected chi connectivity index (χ1v) is 8.87. The summed E-state index contributed by atoms with van der Waals surface area (Å²) in [5.41, 5.74) is 1.65. The Balaban J connectivity index is 2.09. The highest BCUT2D eigenvalue weighted by Crippen LogP contribution is 2.29. The third-order valence-corrected chi connectivity index (χ3v) is 4.28. The fraction of sp³-hybridized carbons (Fsp3) is 0.400. The number of carbonyl (C=O) groups excluding carboxylic acids is 1. The van der Waals surface area contributed by atoms with E-state index >= 15 is 0 Å². The van der Waals surface area contributed by atoms with Gasteiger partial charge < -0.3 is 14.4 Å². The highest BCUT2D eigenvalue weighted by atomic mass is 16.5. The van der Waals surface area contributed by atoms with Gasteiger partial charge in [-0.2, -0.15) is 5.26 Å². The van der Waals surface area contributed by atoms with Crippen molar-refractivity contribution in [1.82, 2.24) is 9.97 Å². The third kappa shape index (κ3) is 4.07. The van der Waals surface area contributed by atoms with Crippen molar-refractivity contribution in [2.45, 2.75) is 32.0 Å². The molecule has 2 heterocycles. The number of hydrogen-bond acceptors (Lipinski definition) is 7. The van der Waals surface area contributed by atoms with Crippen LogP contribution in [0.15, 0.2) is 36.9 Å². The van der Waals surface area contributed by atoms with Gasteiger partial charge in [0.1, 0.15) is 12.3 Å². The number of nitrogens with zero attached hydrogens (tertiary/aromatic N) is 4. The van der Waals surface area contributed by atoms with E-state index in [4.69, 9.17) is 14.5 Å². The van der Waals surface area contributed by atoms with Crippen molar-refractivity contribution in [2.24, 2.45) is 0 Å². The van der Waals surface area contributed by atoms with Crippen molar-refractivity contribution < 1.29 is 14.3 Å². The van der Waals surface area contributed by atoms with E-state index in [2.05, 4.69) is 11.6 Å². The quantitative estimate of drug-likeness (QED) is 0.593. The Morgan fingerprint density at radius 2 is 2.00 bits per heavy atom. The zero-order valence-corrected chi connectivity index (χ0v) is 15.5. The molecule has 3 atom stereocenters. The minimum absolute atomic E-state index is 0.00289. The van der Waals surface area contributed by atoms with Crippen LogP contribution in [0, 0.1) is 11.3 Å². The van der Waals surface area contributed by atoms with Gasteiger partial charge in [-0.25, -0.2) is 9.97 Å². The first kappa shape index (κ1) is 18.8. The molecule has 0 spiro atoms. The molecule has 1 aliphatic heterocycles. The molecule has 0 N–H and O–H groups in total. The molecule has 1 aliphatic rings. The maximum atomic E-state index is 12.4. The van der Waals surface area contributed by atoms with E-state index in [0.717, 1.165) is 0 Å². The standard InChI is InChI=1S/C20H22N4O3/c1-4-9-26-20(25)15(10-21)18-19(24-11-13(2)27-14(3)12-24)23-17-8-6-5-7-16(17)22-18/h4-8,13-15H,1,9,11-12H2,2-3H3/t13-,14-,15-/m1/s1. The highest BCUT2D eigenvalue weighted by Gasteiger charge is 2.32. The number of esters is 1. The Labute approximate surface area is 158 Å². The summed E-state index contributed by atoms with van der Waals surface area (Å²) in [6.45, 7) is 8.74. The number of benzene rings is 1. The summed E-state index contributed by atoms with van der Waals surface area (Å²) in [6, 6.07) is 9.42. The van der Waals surface area contributed by atoms with Gasteiger partial charge in [0, 0.05) is 13.1 Å². The number of rotatable bonds is 5.